The van der Waals surface area contributed by atoms with Crippen LogP contribution in [0.15, 0.2) is 30.5 Å². The van der Waals surface area contributed by atoms with E-state index in [2.05, 4.69) is 36.9 Å². The van der Waals surface area contributed by atoms with Crippen molar-refractivity contribution in [1.29, 1.82) is 0 Å². The van der Waals surface area contributed by atoms with Gasteiger partial charge in [0.05, 0.1) is 30.7 Å². The molecule has 17 heteroatoms. The lowest BCUT2D eigenvalue weighted by atomic mass is 10.0. The first-order valence-corrected chi connectivity index (χ1v) is 12.8. The molecule has 0 saturated heterocycles. The van der Waals surface area contributed by atoms with Crippen LogP contribution in [0.1, 0.15) is 22.2 Å². The summed E-state index contributed by atoms with van der Waals surface area (Å²) in [5.41, 5.74) is 0.567. The number of phenols is 1. The summed E-state index contributed by atoms with van der Waals surface area (Å²) in [6, 6.07) is 3.56. The highest BCUT2D eigenvalue weighted by molar-refractivity contribution is 7.17. The van der Waals surface area contributed by atoms with Crippen molar-refractivity contribution in [2.75, 3.05) is 31.5 Å². The first-order chi connectivity index (χ1) is 19.5. The van der Waals surface area contributed by atoms with Gasteiger partial charge in [0.2, 0.25) is 29.5 Å². The number of benzene rings is 1. The average molecular weight is 592 g/mol. The Balaban J connectivity index is 1.77. The van der Waals surface area contributed by atoms with Gasteiger partial charge in [-0.3, -0.25) is 33.6 Å². The molecule has 0 radical (unpaired) electrons. The van der Waals surface area contributed by atoms with Gasteiger partial charge in [-0.15, -0.1) is 0 Å². The van der Waals surface area contributed by atoms with E-state index >= 15 is 0 Å². The van der Waals surface area contributed by atoms with Gasteiger partial charge in [0.15, 0.2) is 11.4 Å². The van der Waals surface area contributed by atoms with Crippen LogP contribution in [0.2, 0.25) is 0 Å². The van der Waals surface area contributed by atoms with Crippen LogP contribution in [0, 0.1) is 0 Å². The number of hydrogen-bond acceptors (Lipinski definition) is 11. The molecule has 8 N–H and O–H groups in total. The molecule has 2 rings (SSSR count). The van der Waals surface area contributed by atoms with Crippen molar-refractivity contribution in [3.63, 3.8) is 0 Å². The van der Waals surface area contributed by atoms with Gasteiger partial charge in [-0.1, -0.05) is 23.5 Å². The van der Waals surface area contributed by atoms with Gasteiger partial charge in [-0.25, -0.2) is 4.98 Å². The third-order valence-electron chi connectivity index (χ3n) is 5.12. The van der Waals surface area contributed by atoms with Crippen molar-refractivity contribution in [3.8, 4) is 5.75 Å². The summed E-state index contributed by atoms with van der Waals surface area (Å²) in [6.07, 6.45) is 1.94. The second kappa shape index (κ2) is 16.1. The number of carboxylic acids is 1. The zero-order valence-electron chi connectivity index (χ0n) is 21.8. The standard InChI is InChI=1S/C24H29N7O9S/c1-13(30-19(35)9-25-18(34)8-29-24-28-7-16(12-32)41-24)22(39)26-10-20(36)31-17(23(40)27-11-21(37)38)6-14-2-4-15(33)5-3-14/h2-5,7,12-13,17,33H,6,8-11H2,1H3,(H,25,34)(H,26,39)(H,27,40)(H,28,29)(H,30,35)(H,31,36)(H,37,38)/t13-,17-/m0/s1. The van der Waals surface area contributed by atoms with Crippen LogP contribution in [0.3, 0.4) is 0 Å². The van der Waals surface area contributed by atoms with Crippen LogP contribution in [-0.2, 0) is 35.2 Å². The number of carbonyl (C=O) groups excluding carboxylic acids is 6. The Morgan fingerprint density at radius 1 is 0.878 bits per heavy atom. The summed E-state index contributed by atoms with van der Waals surface area (Å²) in [4.78, 5) is 86.9. The van der Waals surface area contributed by atoms with E-state index in [0.29, 0.717) is 21.9 Å². The highest BCUT2D eigenvalue weighted by Gasteiger charge is 2.23. The Morgan fingerprint density at radius 2 is 1.51 bits per heavy atom. The van der Waals surface area contributed by atoms with E-state index < -0.39 is 67.2 Å². The van der Waals surface area contributed by atoms with E-state index in [4.69, 9.17) is 5.11 Å². The van der Waals surface area contributed by atoms with E-state index in [1.807, 2.05) is 0 Å². The number of anilines is 1. The highest BCUT2D eigenvalue weighted by atomic mass is 32.1. The van der Waals surface area contributed by atoms with E-state index in [0.717, 1.165) is 11.3 Å². The molecule has 41 heavy (non-hydrogen) atoms. The number of aliphatic carboxylic acids is 1. The van der Waals surface area contributed by atoms with Crippen LogP contribution >= 0.6 is 11.3 Å². The number of carbonyl (C=O) groups is 7. The average Bonchev–Trinajstić information content (AvgIpc) is 3.41. The lowest BCUT2D eigenvalue weighted by Crippen LogP contribution is -2.53. The van der Waals surface area contributed by atoms with Crippen molar-refractivity contribution in [2.45, 2.75) is 25.4 Å². The number of nitrogens with zero attached hydrogens (tertiary/aromatic N) is 1. The summed E-state index contributed by atoms with van der Waals surface area (Å²) >= 11 is 1.05. The Kier molecular flexibility index (Phi) is 12.7. The predicted molar refractivity (Wildman–Crippen MR) is 144 cm³/mol. The number of carboxylic acid groups (broad SMARTS) is 1. The van der Waals surface area contributed by atoms with E-state index in [-0.39, 0.29) is 18.7 Å². The van der Waals surface area contributed by atoms with Crippen molar-refractivity contribution in [1.82, 2.24) is 31.6 Å². The van der Waals surface area contributed by atoms with Gasteiger partial charge in [0.25, 0.3) is 0 Å². The smallest absolute Gasteiger partial charge is 0.322 e. The molecule has 0 spiro atoms. The summed E-state index contributed by atoms with van der Waals surface area (Å²) in [5, 5.41) is 32.9. The Labute approximate surface area is 237 Å². The van der Waals surface area contributed by atoms with Crippen LogP contribution in [0.5, 0.6) is 5.75 Å². The summed E-state index contributed by atoms with van der Waals surface area (Å²) in [5.74, 6) is -4.74. The van der Waals surface area contributed by atoms with Crippen LogP contribution in [0.4, 0.5) is 5.13 Å². The van der Waals surface area contributed by atoms with Crippen molar-refractivity contribution >= 4 is 58.3 Å². The van der Waals surface area contributed by atoms with Crippen LogP contribution in [-0.4, -0.2) is 95.3 Å². The zero-order chi connectivity index (χ0) is 30.4. The van der Waals surface area contributed by atoms with Crippen LogP contribution in [0.25, 0.3) is 0 Å². The number of phenolic OH excluding ortho intramolecular Hbond substituents is 1. The maximum absolute atomic E-state index is 12.4. The molecule has 1 aromatic heterocycles. The van der Waals surface area contributed by atoms with E-state index in [9.17, 15) is 38.7 Å². The van der Waals surface area contributed by atoms with E-state index in [1.165, 1.54) is 37.4 Å². The fourth-order valence-corrected chi connectivity index (χ4v) is 3.73. The fraction of sp³-hybridized carbons (Fsp3) is 0.333. The number of aromatic nitrogens is 1. The molecule has 1 heterocycles. The summed E-state index contributed by atoms with van der Waals surface area (Å²) in [6.45, 7) is -0.497. The van der Waals surface area contributed by atoms with Crippen molar-refractivity contribution in [3.05, 3.63) is 40.9 Å². The number of amides is 5. The maximum Gasteiger partial charge on any atom is 0.322 e. The normalized spacial score (nSPS) is 11.7. The van der Waals surface area contributed by atoms with Crippen LogP contribution < -0.4 is 31.9 Å². The first-order valence-electron chi connectivity index (χ1n) is 12.0. The minimum absolute atomic E-state index is 0.00487. The Hall–Kier alpha value is -5.06. The van der Waals surface area contributed by atoms with Gasteiger partial charge in [0, 0.05) is 6.42 Å². The molecule has 2 aromatic rings. The second-order valence-corrected chi connectivity index (χ2v) is 9.49. The SMILES string of the molecule is C[C@H](NC(=O)CNC(=O)CNc1ncc(C=O)s1)C(=O)NCC(=O)N[C@@H](Cc1ccc(O)cc1)C(=O)NCC(=O)O. The first kappa shape index (κ1) is 32.2. The zero-order valence-corrected chi connectivity index (χ0v) is 22.6. The lowest BCUT2D eigenvalue weighted by molar-refractivity contribution is -0.138. The van der Waals surface area contributed by atoms with Gasteiger partial charge >= 0.3 is 5.97 Å². The van der Waals surface area contributed by atoms with Gasteiger partial charge in [0.1, 0.15) is 24.4 Å². The summed E-state index contributed by atoms with van der Waals surface area (Å²) in [7, 11) is 0. The fourth-order valence-electron chi connectivity index (χ4n) is 3.11. The molecule has 0 saturated carbocycles. The molecular formula is C24H29N7O9S. The molecule has 0 fully saturated rings. The Morgan fingerprint density at radius 3 is 2.15 bits per heavy atom. The molecule has 0 aliphatic carbocycles. The second-order valence-electron chi connectivity index (χ2n) is 8.43. The number of rotatable bonds is 16. The maximum atomic E-state index is 12.4. The molecule has 5 amide bonds. The molecule has 0 aliphatic heterocycles. The third-order valence-corrected chi connectivity index (χ3v) is 6.00. The quantitative estimate of drug-likeness (QED) is 0.0968. The third kappa shape index (κ3) is 12.1. The molecular weight excluding hydrogens is 562 g/mol. The number of aromatic hydroxyl groups is 1. The molecule has 220 valence electrons. The lowest BCUT2D eigenvalue weighted by Gasteiger charge is -2.19. The van der Waals surface area contributed by atoms with Gasteiger partial charge < -0.3 is 42.1 Å². The molecule has 2 atom stereocenters. The highest BCUT2D eigenvalue weighted by Crippen LogP contribution is 2.15. The minimum atomic E-state index is -1.28. The predicted octanol–water partition coefficient (Wildman–Crippen LogP) is -2.26. The number of hydrogen-bond donors (Lipinski definition) is 8. The molecule has 1 aromatic carbocycles. The van der Waals surface area contributed by atoms with E-state index in [1.54, 1.807) is 0 Å². The van der Waals surface area contributed by atoms with Gasteiger partial charge in [-0.2, -0.15) is 0 Å². The topological polar surface area (TPSA) is 245 Å². The number of nitrogens with one attached hydrogen (secondary N) is 6. The number of thiazole rings is 1. The largest absolute Gasteiger partial charge is 0.508 e. The van der Waals surface area contributed by atoms with Gasteiger partial charge in [-0.05, 0) is 24.6 Å². The van der Waals surface area contributed by atoms with Crippen molar-refractivity contribution in [2.24, 2.45) is 0 Å². The molecule has 16 nitrogen and oxygen atoms in total. The monoisotopic (exact) mass is 591 g/mol. The molecule has 0 bridgehead atoms. The Bertz CT molecular complexity index is 1270. The minimum Gasteiger partial charge on any atom is -0.508 e. The van der Waals surface area contributed by atoms with Crippen molar-refractivity contribution < 1.29 is 43.8 Å². The number of aldehydes is 1. The summed E-state index contributed by atoms with van der Waals surface area (Å²) < 4.78 is 0. The molecule has 0 unspecified atom stereocenters. The molecule has 0 aliphatic rings.